The van der Waals surface area contributed by atoms with Gasteiger partial charge in [-0.15, -0.1) is 0 Å². The van der Waals surface area contributed by atoms with E-state index in [4.69, 9.17) is 4.74 Å². The third kappa shape index (κ3) is 3.80. The SMILES string of the molecule is O=C(C1CCOCC1)N1CCN(Cc2ccncc2)CC1. The van der Waals surface area contributed by atoms with E-state index in [0.717, 1.165) is 58.8 Å². The molecule has 2 saturated heterocycles. The normalized spacial score (nSPS) is 21.4. The van der Waals surface area contributed by atoms with E-state index in [9.17, 15) is 4.79 Å². The van der Waals surface area contributed by atoms with Crippen LogP contribution in [0.4, 0.5) is 0 Å². The van der Waals surface area contributed by atoms with Crippen molar-refractivity contribution in [2.45, 2.75) is 19.4 Å². The third-order valence-electron chi connectivity index (χ3n) is 4.41. The number of hydrogen-bond donors (Lipinski definition) is 0. The molecular weight excluding hydrogens is 266 g/mol. The highest BCUT2D eigenvalue weighted by molar-refractivity contribution is 5.79. The maximum Gasteiger partial charge on any atom is 0.225 e. The molecule has 0 unspecified atom stereocenters. The standard InChI is InChI=1S/C16H23N3O2/c20-16(15-3-11-21-12-4-15)19-9-7-18(8-10-19)13-14-1-5-17-6-2-14/h1-2,5-6,15H,3-4,7-13H2. The minimum atomic E-state index is 0.186. The molecule has 2 aliphatic rings. The summed E-state index contributed by atoms with van der Waals surface area (Å²) < 4.78 is 5.34. The number of nitrogens with zero attached hydrogens (tertiary/aromatic N) is 3. The van der Waals surface area contributed by atoms with Gasteiger partial charge >= 0.3 is 0 Å². The number of hydrogen-bond acceptors (Lipinski definition) is 4. The van der Waals surface area contributed by atoms with E-state index in [0.29, 0.717) is 5.91 Å². The number of carbonyl (C=O) groups is 1. The topological polar surface area (TPSA) is 45.7 Å². The molecule has 3 heterocycles. The highest BCUT2D eigenvalue weighted by Gasteiger charge is 2.28. The molecule has 0 aromatic carbocycles. The summed E-state index contributed by atoms with van der Waals surface area (Å²) in [5.41, 5.74) is 1.29. The summed E-state index contributed by atoms with van der Waals surface area (Å²) in [7, 11) is 0. The minimum Gasteiger partial charge on any atom is -0.381 e. The van der Waals surface area contributed by atoms with Crippen molar-refractivity contribution in [1.29, 1.82) is 0 Å². The molecule has 0 bridgehead atoms. The van der Waals surface area contributed by atoms with Crippen LogP contribution in [0.5, 0.6) is 0 Å². The molecule has 0 N–H and O–H groups in total. The lowest BCUT2D eigenvalue weighted by Crippen LogP contribution is -2.50. The van der Waals surface area contributed by atoms with Crippen LogP contribution in [0.15, 0.2) is 24.5 Å². The second-order valence-corrected chi connectivity index (χ2v) is 5.84. The van der Waals surface area contributed by atoms with E-state index in [-0.39, 0.29) is 5.92 Å². The van der Waals surface area contributed by atoms with Gasteiger partial charge in [-0.25, -0.2) is 0 Å². The molecule has 2 fully saturated rings. The van der Waals surface area contributed by atoms with Gasteiger partial charge in [0.15, 0.2) is 0 Å². The number of pyridine rings is 1. The van der Waals surface area contributed by atoms with Gasteiger partial charge in [-0.05, 0) is 30.5 Å². The zero-order chi connectivity index (χ0) is 14.5. The predicted molar refractivity (Wildman–Crippen MR) is 79.6 cm³/mol. The Morgan fingerprint density at radius 2 is 1.81 bits per heavy atom. The molecule has 0 saturated carbocycles. The molecule has 3 rings (SSSR count). The van der Waals surface area contributed by atoms with Crippen LogP contribution in [0, 0.1) is 5.92 Å². The number of ether oxygens (including phenoxy) is 1. The summed E-state index contributed by atoms with van der Waals surface area (Å²) in [6.45, 7) is 6.02. The summed E-state index contributed by atoms with van der Waals surface area (Å²) in [6, 6.07) is 4.11. The van der Waals surface area contributed by atoms with Gasteiger partial charge in [0.05, 0.1) is 0 Å². The Bertz CT molecular complexity index is 452. The Labute approximate surface area is 125 Å². The van der Waals surface area contributed by atoms with E-state index in [2.05, 4.69) is 22.0 Å². The maximum atomic E-state index is 12.5. The summed E-state index contributed by atoms with van der Waals surface area (Å²) in [4.78, 5) is 21.0. The zero-order valence-electron chi connectivity index (χ0n) is 12.4. The van der Waals surface area contributed by atoms with Crippen LogP contribution in [0.2, 0.25) is 0 Å². The largest absolute Gasteiger partial charge is 0.381 e. The van der Waals surface area contributed by atoms with Crippen molar-refractivity contribution in [2.24, 2.45) is 5.92 Å². The summed E-state index contributed by atoms with van der Waals surface area (Å²) in [5.74, 6) is 0.521. The molecular formula is C16H23N3O2. The number of carbonyl (C=O) groups excluding carboxylic acids is 1. The second kappa shape index (κ2) is 7.00. The molecule has 0 atom stereocenters. The van der Waals surface area contributed by atoms with E-state index in [1.807, 2.05) is 17.3 Å². The Morgan fingerprint density at radius 3 is 2.48 bits per heavy atom. The molecule has 2 aliphatic heterocycles. The molecule has 1 aromatic rings. The Hall–Kier alpha value is -1.46. The fourth-order valence-corrected chi connectivity index (χ4v) is 3.08. The lowest BCUT2D eigenvalue weighted by molar-refractivity contribution is -0.140. The summed E-state index contributed by atoms with van der Waals surface area (Å²) >= 11 is 0. The van der Waals surface area contributed by atoms with Gasteiger partial charge in [0.25, 0.3) is 0 Å². The predicted octanol–water partition coefficient (Wildman–Crippen LogP) is 1.15. The van der Waals surface area contributed by atoms with E-state index < -0.39 is 0 Å². The average Bonchev–Trinajstić information content (AvgIpc) is 2.57. The fraction of sp³-hybridized carbons (Fsp3) is 0.625. The number of piperazine rings is 1. The number of amides is 1. The van der Waals surface area contributed by atoms with Crippen molar-refractivity contribution in [3.63, 3.8) is 0 Å². The highest BCUT2D eigenvalue weighted by atomic mass is 16.5. The lowest BCUT2D eigenvalue weighted by Gasteiger charge is -2.37. The monoisotopic (exact) mass is 289 g/mol. The molecule has 5 heteroatoms. The number of rotatable bonds is 3. The first-order valence-corrected chi connectivity index (χ1v) is 7.81. The van der Waals surface area contributed by atoms with Crippen LogP contribution in [0.25, 0.3) is 0 Å². The molecule has 114 valence electrons. The number of aromatic nitrogens is 1. The van der Waals surface area contributed by atoms with E-state index in [1.54, 1.807) is 0 Å². The Kier molecular flexibility index (Phi) is 4.83. The van der Waals surface area contributed by atoms with Crippen molar-refractivity contribution < 1.29 is 9.53 Å². The molecule has 1 amide bonds. The van der Waals surface area contributed by atoms with Crippen molar-refractivity contribution in [3.8, 4) is 0 Å². The third-order valence-corrected chi connectivity index (χ3v) is 4.41. The van der Waals surface area contributed by atoms with Gasteiger partial charge in [-0.2, -0.15) is 0 Å². The summed E-state index contributed by atoms with van der Waals surface area (Å²) in [5, 5.41) is 0. The van der Waals surface area contributed by atoms with Crippen molar-refractivity contribution in [2.75, 3.05) is 39.4 Å². The van der Waals surface area contributed by atoms with Crippen LogP contribution in [0.3, 0.4) is 0 Å². The van der Waals surface area contributed by atoms with Gasteiger partial charge in [0.2, 0.25) is 5.91 Å². The van der Waals surface area contributed by atoms with Gasteiger partial charge in [0.1, 0.15) is 0 Å². The maximum absolute atomic E-state index is 12.5. The van der Waals surface area contributed by atoms with Gasteiger partial charge < -0.3 is 9.64 Å². The van der Waals surface area contributed by atoms with Crippen LogP contribution < -0.4 is 0 Å². The molecule has 0 spiro atoms. The van der Waals surface area contributed by atoms with Crippen molar-refractivity contribution in [3.05, 3.63) is 30.1 Å². The molecule has 5 nitrogen and oxygen atoms in total. The Balaban J connectivity index is 1.47. The first-order valence-electron chi connectivity index (χ1n) is 7.81. The van der Waals surface area contributed by atoms with Crippen LogP contribution in [-0.2, 0) is 16.1 Å². The quantitative estimate of drug-likeness (QED) is 0.837. The van der Waals surface area contributed by atoms with Crippen LogP contribution in [-0.4, -0.2) is 60.1 Å². The average molecular weight is 289 g/mol. The molecule has 21 heavy (non-hydrogen) atoms. The van der Waals surface area contributed by atoms with Gasteiger partial charge in [0, 0.05) is 64.2 Å². The second-order valence-electron chi connectivity index (χ2n) is 5.84. The highest BCUT2D eigenvalue weighted by Crippen LogP contribution is 2.19. The lowest BCUT2D eigenvalue weighted by atomic mass is 9.98. The smallest absolute Gasteiger partial charge is 0.225 e. The van der Waals surface area contributed by atoms with Gasteiger partial charge in [-0.1, -0.05) is 0 Å². The fourth-order valence-electron chi connectivity index (χ4n) is 3.08. The first kappa shape index (κ1) is 14.5. The zero-order valence-corrected chi connectivity index (χ0v) is 12.4. The van der Waals surface area contributed by atoms with Gasteiger partial charge in [-0.3, -0.25) is 14.7 Å². The molecule has 0 aliphatic carbocycles. The molecule has 1 aromatic heterocycles. The van der Waals surface area contributed by atoms with Crippen LogP contribution >= 0.6 is 0 Å². The molecule has 0 radical (unpaired) electrons. The van der Waals surface area contributed by atoms with Crippen LogP contribution in [0.1, 0.15) is 18.4 Å². The van der Waals surface area contributed by atoms with E-state index >= 15 is 0 Å². The first-order chi connectivity index (χ1) is 10.3. The summed E-state index contributed by atoms with van der Waals surface area (Å²) in [6.07, 6.45) is 5.44. The van der Waals surface area contributed by atoms with E-state index in [1.165, 1.54) is 5.56 Å². The minimum absolute atomic E-state index is 0.186. The Morgan fingerprint density at radius 1 is 1.14 bits per heavy atom. The van der Waals surface area contributed by atoms with Crippen molar-refractivity contribution >= 4 is 5.91 Å². The van der Waals surface area contributed by atoms with Crippen molar-refractivity contribution in [1.82, 2.24) is 14.8 Å².